The monoisotopic (exact) mass is 412 g/mol. The molecule has 0 saturated carbocycles. The Hall–Kier alpha value is -2.11. The number of sulfonamides is 1. The molecular weight excluding hydrogens is 392 g/mol. The smallest absolute Gasteiger partial charge is 0.270 e. The molecule has 11 heteroatoms. The van der Waals surface area contributed by atoms with Crippen molar-refractivity contribution in [2.45, 2.75) is 26.3 Å². The number of benzene rings is 1. The predicted octanol–water partition coefficient (Wildman–Crippen LogP) is 1.73. The van der Waals surface area contributed by atoms with Crippen molar-refractivity contribution in [3.05, 3.63) is 33.1 Å². The lowest BCUT2D eigenvalue weighted by molar-refractivity contribution is -0.384. The third-order valence-electron chi connectivity index (χ3n) is 4.60. The lowest BCUT2D eigenvalue weighted by atomic mass is 9.99. The number of nitrogens with zero attached hydrogens (tertiary/aromatic N) is 4. The first-order chi connectivity index (χ1) is 12.7. The van der Waals surface area contributed by atoms with Gasteiger partial charge in [-0.15, -0.1) is 0 Å². The van der Waals surface area contributed by atoms with Gasteiger partial charge in [0.1, 0.15) is 0 Å². The molecule has 0 spiro atoms. The summed E-state index contributed by atoms with van der Waals surface area (Å²) < 4.78 is 27.3. The van der Waals surface area contributed by atoms with Crippen molar-refractivity contribution in [3.63, 3.8) is 0 Å². The number of nitro benzene ring substituents is 1. The molecule has 1 atom stereocenters. The van der Waals surface area contributed by atoms with Gasteiger partial charge in [-0.05, 0) is 25.8 Å². The van der Waals surface area contributed by atoms with E-state index in [9.17, 15) is 23.3 Å². The molecule has 3 rings (SSSR count). The number of piperidine rings is 1. The number of thiazole rings is 1. The Kier molecular flexibility index (Phi) is 5.45. The van der Waals surface area contributed by atoms with E-state index in [1.807, 2.05) is 11.5 Å². The average molecular weight is 412 g/mol. The number of amides is 1. The number of aryl methyl sites for hydroxylation is 1. The van der Waals surface area contributed by atoms with Crippen LogP contribution in [0.25, 0.3) is 10.2 Å². The Morgan fingerprint density at radius 2 is 2.19 bits per heavy atom. The molecule has 1 aliphatic heterocycles. The number of rotatable bonds is 4. The lowest BCUT2D eigenvalue weighted by Gasteiger charge is -2.28. The maximum absolute atomic E-state index is 12.7. The summed E-state index contributed by atoms with van der Waals surface area (Å²) in [6.07, 6.45) is 2.35. The first-order valence-electron chi connectivity index (χ1n) is 8.52. The van der Waals surface area contributed by atoms with Crippen molar-refractivity contribution in [1.82, 2.24) is 8.87 Å². The molecular formula is C16H20N4O5S2. The van der Waals surface area contributed by atoms with E-state index in [1.54, 1.807) is 6.07 Å². The highest BCUT2D eigenvalue weighted by molar-refractivity contribution is 7.88. The van der Waals surface area contributed by atoms with E-state index in [2.05, 4.69) is 4.99 Å². The van der Waals surface area contributed by atoms with Gasteiger partial charge < -0.3 is 4.57 Å². The first kappa shape index (κ1) is 19.6. The number of hydrogen-bond donors (Lipinski definition) is 0. The summed E-state index contributed by atoms with van der Waals surface area (Å²) in [5, 5.41) is 11.0. The van der Waals surface area contributed by atoms with Gasteiger partial charge in [-0.2, -0.15) is 4.99 Å². The van der Waals surface area contributed by atoms with Crippen LogP contribution >= 0.6 is 11.3 Å². The Bertz CT molecular complexity index is 1070. The second-order valence-corrected chi connectivity index (χ2v) is 9.44. The van der Waals surface area contributed by atoms with E-state index in [1.165, 1.54) is 27.8 Å². The maximum atomic E-state index is 12.7. The fraction of sp³-hybridized carbons (Fsp3) is 0.500. The van der Waals surface area contributed by atoms with Crippen LogP contribution in [-0.4, -0.2) is 47.5 Å². The normalized spacial score (nSPS) is 19.5. The van der Waals surface area contributed by atoms with Crippen LogP contribution in [0.5, 0.6) is 0 Å². The van der Waals surface area contributed by atoms with Gasteiger partial charge in [-0.25, -0.2) is 12.7 Å². The Balaban J connectivity index is 1.97. The zero-order valence-corrected chi connectivity index (χ0v) is 16.6. The molecule has 9 nitrogen and oxygen atoms in total. The van der Waals surface area contributed by atoms with Crippen LogP contribution in [-0.2, 0) is 21.4 Å². The molecule has 2 heterocycles. The highest BCUT2D eigenvalue weighted by Gasteiger charge is 2.30. The fourth-order valence-corrected chi connectivity index (χ4v) is 5.24. The molecule has 2 aromatic rings. The van der Waals surface area contributed by atoms with Crippen LogP contribution in [0.2, 0.25) is 0 Å². The van der Waals surface area contributed by atoms with Gasteiger partial charge in [0.25, 0.3) is 11.6 Å². The topological polar surface area (TPSA) is 115 Å². The predicted molar refractivity (Wildman–Crippen MR) is 102 cm³/mol. The summed E-state index contributed by atoms with van der Waals surface area (Å²) in [6.45, 7) is 3.03. The summed E-state index contributed by atoms with van der Waals surface area (Å²) in [6, 6.07) is 4.56. The molecule has 1 unspecified atom stereocenters. The zero-order chi connectivity index (χ0) is 19.8. The number of fused-ring (bicyclic) bond motifs is 1. The average Bonchev–Trinajstić information content (AvgIpc) is 2.97. The molecule has 1 saturated heterocycles. The Labute approximate surface area is 160 Å². The Morgan fingerprint density at radius 1 is 1.44 bits per heavy atom. The van der Waals surface area contributed by atoms with E-state index < -0.39 is 20.9 Å². The molecule has 0 bridgehead atoms. The van der Waals surface area contributed by atoms with Crippen molar-refractivity contribution in [1.29, 1.82) is 0 Å². The number of non-ortho nitro benzene ring substituents is 1. The van der Waals surface area contributed by atoms with E-state index in [-0.39, 0.29) is 18.1 Å². The molecule has 146 valence electrons. The molecule has 0 radical (unpaired) electrons. The second-order valence-electron chi connectivity index (χ2n) is 6.45. The van der Waals surface area contributed by atoms with E-state index in [0.29, 0.717) is 35.4 Å². The second kappa shape index (κ2) is 7.49. The summed E-state index contributed by atoms with van der Waals surface area (Å²) in [7, 11) is -3.34. The number of nitro groups is 1. The summed E-state index contributed by atoms with van der Waals surface area (Å²) in [5.74, 6) is -0.829. The van der Waals surface area contributed by atoms with Gasteiger partial charge in [0.2, 0.25) is 10.0 Å². The quantitative estimate of drug-likeness (QED) is 0.560. The van der Waals surface area contributed by atoms with Gasteiger partial charge in [0.15, 0.2) is 4.80 Å². The SMILES string of the molecule is CCn1c(=NC(=O)C2CCCN(S(C)(=O)=O)C2)sc2cc([N+](=O)[O-])ccc21. The molecule has 1 aromatic carbocycles. The first-order valence-corrected chi connectivity index (χ1v) is 11.2. The highest BCUT2D eigenvalue weighted by Crippen LogP contribution is 2.24. The molecule has 0 N–H and O–H groups in total. The zero-order valence-electron chi connectivity index (χ0n) is 15.0. The number of hydrogen-bond acceptors (Lipinski definition) is 6. The highest BCUT2D eigenvalue weighted by atomic mass is 32.2. The number of carbonyl (C=O) groups excluding carboxylic acids is 1. The lowest BCUT2D eigenvalue weighted by Crippen LogP contribution is -2.41. The molecule has 0 aliphatic carbocycles. The molecule has 1 aromatic heterocycles. The number of aromatic nitrogens is 1. The summed E-state index contributed by atoms with van der Waals surface area (Å²) >= 11 is 1.22. The summed E-state index contributed by atoms with van der Waals surface area (Å²) in [4.78, 5) is 27.9. The maximum Gasteiger partial charge on any atom is 0.270 e. The molecule has 1 fully saturated rings. The van der Waals surface area contributed by atoms with Gasteiger partial charge >= 0.3 is 0 Å². The van der Waals surface area contributed by atoms with Crippen molar-refractivity contribution in [3.8, 4) is 0 Å². The minimum Gasteiger partial charge on any atom is -0.317 e. The van der Waals surface area contributed by atoms with Crippen molar-refractivity contribution in [2.75, 3.05) is 19.3 Å². The third-order valence-corrected chi connectivity index (χ3v) is 6.91. The molecule has 27 heavy (non-hydrogen) atoms. The van der Waals surface area contributed by atoms with Crippen LogP contribution in [0.3, 0.4) is 0 Å². The minimum absolute atomic E-state index is 0.0130. The fourth-order valence-electron chi connectivity index (χ4n) is 3.20. The van der Waals surface area contributed by atoms with Crippen molar-refractivity contribution < 1.29 is 18.1 Å². The van der Waals surface area contributed by atoms with E-state index >= 15 is 0 Å². The van der Waals surface area contributed by atoms with Crippen LogP contribution < -0.4 is 4.80 Å². The summed E-state index contributed by atoms with van der Waals surface area (Å²) in [5.41, 5.74) is 0.766. The van der Waals surface area contributed by atoms with Crippen LogP contribution in [0.1, 0.15) is 19.8 Å². The van der Waals surface area contributed by atoms with Crippen molar-refractivity contribution >= 4 is 43.2 Å². The Morgan fingerprint density at radius 3 is 2.81 bits per heavy atom. The largest absolute Gasteiger partial charge is 0.317 e. The van der Waals surface area contributed by atoms with Crippen LogP contribution in [0.15, 0.2) is 23.2 Å². The van der Waals surface area contributed by atoms with Gasteiger partial charge in [-0.1, -0.05) is 11.3 Å². The minimum atomic E-state index is -3.34. The number of carbonyl (C=O) groups is 1. The third kappa shape index (κ3) is 4.09. The van der Waals surface area contributed by atoms with E-state index in [0.717, 1.165) is 11.8 Å². The molecule has 1 aliphatic rings. The van der Waals surface area contributed by atoms with Gasteiger partial charge in [0.05, 0.1) is 27.3 Å². The van der Waals surface area contributed by atoms with Crippen LogP contribution in [0, 0.1) is 16.0 Å². The van der Waals surface area contributed by atoms with E-state index in [4.69, 9.17) is 0 Å². The standard InChI is InChI=1S/C16H20N4O5S2/c1-3-19-13-7-6-12(20(22)23)9-14(13)26-16(19)17-15(21)11-5-4-8-18(10-11)27(2,24)25/h6-7,9,11H,3-5,8,10H2,1-2H3. The van der Waals surface area contributed by atoms with Crippen molar-refractivity contribution in [2.24, 2.45) is 10.9 Å². The van der Waals surface area contributed by atoms with Gasteiger partial charge in [-0.3, -0.25) is 14.9 Å². The van der Waals surface area contributed by atoms with Crippen LogP contribution in [0.4, 0.5) is 5.69 Å². The molecule has 1 amide bonds. The van der Waals surface area contributed by atoms with Gasteiger partial charge in [0, 0.05) is 31.8 Å².